The minimum Gasteiger partial charge on any atom is -0.497 e. The van der Waals surface area contributed by atoms with E-state index in [1.807, 2.05) is 0 Å². The second kappa shape index (κ2) is 10.2. The lowest BCUT2D eigenvalue weighted by Gasteiger charge is -2.22. The molecule has 3 aromatic rings. The number of methoxy groups -OCH3 is 1. The van der Waals surface area contributed by atoms with Crippen molar-refractivity contribution in [1.82, 2.24) is 4.31 Å². The van der Waals surface area contributed by atoms with Gasteiger partial charge in [-0.1, -0.05) is 35.3 Å². The van der Waals surface area contributed by atoms with Gasteiger partial charge in [0.25, 0.3) is 0 Å². The molecule has 6 nitrogen and oxygen atoms in total. The molecule has 0 spiro atoms. The van der Waals surface area contributed by atoms with Gasteiger partial charge in [0, 0.05) is 22.3 Å². The van der Waals surface area contributed by atoms with E-state index >= 15 is 0 Å². The Morgan fingerprint density at radius 3 is 2.00 bits per heavy atom. The Morgan fingerprint density at radius 1 is 0.903 bits per heavy atom. The summed E-state index contributed by atoms with van der Waals surface area (Å²) in [5.41, 5.74) is 1.22. The van der Waals surface area contributed by atoms with Crippen LogP contribution >= 0.6 is 23.2 Å². The summed E-state index contributed by atoms with van der Waals surface area (Å²) in [4.78, 5) is 12.7. The highest BCUT2D eigenvalue weighted by Crippen LogP contribution is 2.22. The van der Waals surface area contributed by atoms with E-state index in [9.17, 15) is 13.2 Å². The van der Waals surface area contributed by atoms with Crippen LogP contribution in [0, 0.1) is 0 Å². The van der Waals surface area contributed by atoms with Crippen LogP contribution in [-0.2, 0) is 21.4 Å². The van der Waals surface area contributed by atoms with Crippen LogP contribution in [0.5, 0.6) is 5.75 Å². The fourth-order valence-corrected chi connectivity index (χ4v) is 4.45. The maximum atomic E-state index is 13.2. The number of rotatable bonds is 8. The van der Waals surface area contributed by atoms with Gasteiger partial charge in [0.1, 0.15) is 5.75 Å². The van der Waals surface area contributed by atoms with E-state index in [1.54, 1.807) is 55.6 Å². The van der Waals surface area contributed by atoms with Gasteiger partial charge in [0.15, 0.2) is 0 Å². The molecule has 0 radical (unpaired) electrons. The van der Waals surface area contributed by atoms with Gasteiger partial charge in [0.2, 0.25) is 15.9 Å². The van der Waals surface area contributed by atoms with E-state index in [0.717, 1.165) is 4.31 Å². The Bertz CT molecular complexity index is 1130. The van der Waals surface area contributed by atoms with E-state index in [-0.39, 0.29) is 18.0 Å². The number of nitrogens with zero attached hydrogens (tertiary/aromatic N) is 1. The van der Waals surface area contributed by atoms with Gasteiger partial charge in [-0.25, -0.2) is 8.42 Å². The molecule has 1 N–H and O–H groups in total. The second-order valence-electron chi connectivity index (χ2n) is 6.63. The van der Waals surface area contributed by atoms with Gasteiger partial charge < -0.3 is 10.1 Å². The summed E-state index contributed by atoms with van der Waals surface area (Å²) in [7, 11) is -2.42. The molecule has 0 aromatic heterocycles. The SMILES string of the molecule is COc1ccc(NC(=O)CN(Cc2ccc(Cl)cc2)S(=O)(=O)c2ccc(Cl)cc2)cc1. The van der Waals surface area contributed by atoms with Crippen molar-refractivity contribution in [3.63, 3.8) is 0 Å². The molecular weight excluding hydrogens is 459 g/mol. The third-order valence-corrected chi connectivity index (χ3v) is 6.73. The summed E-state index contributed by atoms with van der Waals surface area (Å²) in [5, 5.41) is 3.66. The fourth-order valence-electron chi connectivity index (χ4n) is 2.81. The number of ether oxygens (including phenoxy) is 1. The van der Waals surface area contributed by atoms with Crippen LogP contribution in [-0.4, -0.2) is 32.3 Å². The summed E-state index contributed by atoms with van der Waals surface area (Å²) in [5.74, 6) is 0.171. The molecule has 162 valence electrons. The second-order valence-corrected chi connectivity index (χ2v) is 9.44. The van der Waals surface area contributed by atoms with Crippen LogP contribution in [0.2, 0.25) is 10.0 Å². The number of nitrogens with one attached hydrogen (secondary N) is 1. The van der Waals surface area contributed by atoms with E-state index in [2.05, 4.69) is 5.32 Å². The molecule has 0 unspecified atom stereocenters. The first-order valence-corrected chi connectivity index (χ1v) is 11.4. The highest BCUT2D eigenvalue weighted by atomic mass is 35.5. The lowest BCUT2D eigenvalue weighted by Crippen LogP contribution is -2.37. The van der Waals surface area contributed by atoms with Crippen molar-refractivity contribution < 1.29 is 17.9 Å². The molecule has 0 heterocycles. The Balaban J connectivity index is 1.84. The average Bonchev–Trinajstić information content (AvgIpc) is 2.75. The molecule has 0 aliphatic heterocycles. The number of halogens is 2. The van der Waals surface area contributed by atoms with Crippen LogP contribution in [0.1, 0.15) is 5.56 Å². The number of hydrogen-bond acceptors (Lipinski definition) is 4. The largest absolute Gasteiger partial charge is 0.497 e. The van der Waals surface area contributed by atoms with Crippen molar-refractivity contribution in [3.05, 3.63) is 88.4 Å². The summed E-state index contributed by atoms with van der Waals surface area (Å²) < 4.78 is 32.7. The van der Waals surface area contributed by atoms with E-state index < -0.39 is 15.9 Å². The molecule has 3 rings (SSSR count). The zero-order chi connectivity index (χ0) is 22.4. The molecule has 0 saturated heterocycles. The molecule has 0 bridgehead atoms. The van der Waals surface area contributed by atoms with E-state index in [1.165, 1.54) is 24.3 Å². The summed E-state index contributed by atoms with van der Waals surface area (Å²) in [6, 6.07) is 19.3. The van der Waals surface area contributed by atoms with Crippen LogP contribution in [0.15, 0.2) is 77.7 Å². The fraction of sp³-hybridized carbons (Fsp3) is 0.136. The number of anilines is 1. The topological polar surface area (TPSA) is 75.7 Å². The number of carbonyl (C=O) groups excluding carboxylic acids is 1. The van der Waals surface area contributed by atoms with Crippen molar-refractivity contribution in [2.24, 2.45) is 0 Å². The molecule has 0 saturated carbocycles. The van der Waals surface area contributed by atoms with Gasteiger partial charge in [-0.2, -0.15) is 4.31 Å². The number of amides is 1. The zero-order valence-corrected chi connectivity index (χ0v) is 18.9. The van der Waals surface area contributed by atoms with Crippen molar-refractivity contribution in [2.45, 2.75) is 11.4 Å². The Kier molecular flexibility index (Phi) is 7.56. The van der Waals surface area contributed by atoms with Gasteiger partial charge in [-0.15, -0.1) is 0 Å². The third kappa shape index (κ3) is 6.21. The molecule has 31 heavy (non-hydrogen) atoms. The Labute approximate surface area is 191 Å². The summed E-state index contributed by atoms with van der Waals surface area (Å²) >= 11 is 11.8. The van der Waals surface area contributed by atoms with Crippen molar-refractivity contribution in [1.29, 1.82) is 0 Å². The van der Waals surface area contributed by atoms with Gasteiger partial charge >= 0.3 is 0 Å². The quantitative estimate of drug-likeness (QED) is 0.502. The minimum absolute atomic E-state index is 0.00182. The molecule has 0 fully saturated rings. The number of hydrogen-bond donors (Lipinski definition) is 1. The third-order valence-electron chi connectivity index (χ3n) is 4.42. The number of carbonyl (C=O) groups is 1. The standard InChI is InChI=1S/C22H20Cl2N2O4S/c1-30-20-10-8-19(9-11-20)25-22(27)15-26(14-16-2-4-17(23)5-3-16)31(28,29)21-12-6-18(24)7-13-21/h2-13H,14-15H2,1H3,(H,25,27). The van der Waals surface area contributed by atoms with E-state index in [4.69, 9.17) is 27.9 Å². The van der Waals surface area contributed by atoms with Crippen LogP contribution in [0.4, 0.5) is 5.69 Å². The molecular formula is C22H20Cl2N2O4S. The maximum absolute atomic E-state index is 13.2. The predicted molar refractivity (Wildman–Crippen MR) is 122 cm³/mol. The number of benzene rings is 3. The lowest BCUT2D eigenvalue weighted by atomic mass is 10.2. The monoisotopic (exact) mass is 478 g/mol. The number of sulfonamides is 1. The van der Waals surface area contributed by atoms with Crippen molar-refractivity contribution in [2.75, 3.05) is 19.0 Å². The normalized spacial score (nSPS) is 11.4. The highest BCUT2D eigenvalue weighted by Gasteiger charge is 2.27. The van der Waals surface area contributed by atoms with Gasteiger partial charge in [-0.05, 0) is 66.2 Å². The van der Waals surface area contributed by atoms with Crippen molar-refractivity contribution >= 4 is 44.8 Å². The molecule has 9 heteroatoms. The lowest BCUT2D eigenvalue weighted by molar-refractivity contribution is -0.116. The van der Waals surface area contributed by atoms with Gasteiger partial charge in [0.05, 0.1) is 18.6 Å². The molecule has 0 aliphatic rings. The van der Waals surface area contributed by atoms with Crippen LogP contribution in [0.25, 0.3) is 0 Å². The first kappa shape index (κ1) is 23.1. The Hall–Kier alpha value is -2.58. The first-order chi connectivity index (χ1) is 14.8. The molecule has 1 amide bonds. The highest BCUT2D eigenvalue weighted by molar-refractivity contribution is 7.89. The van der Waals surface area contributed by atoms with Crippen molar-refractivity contribution in [3.8, 4) is 5.75 Å². The van der Waals surface area contributed by atoms with E-state index in [0.29, 0.717) is 27.0 Å². The van der Waals surface area contributed by atoms with Gasteiger partial charge in [-0.3, -0.25) is 4.79 Å². The first-order valence-electron chi connectivity index (χ1n) is 9.22. The predicted octanol–water partition coefficient (Wildman–Crippen LogP) is 4.83. The maximum Gasteiger partial charge on any atom is 0.243 e. The minimum atomic E-state index is -3.96. The summed E-state index contributed by atoms with van der Waals surface area (Å²) in [6.07, 6.45) is 0. The van der Waals surface area contributed by atoms with Crippen LogP contribution < -0.4 is 10.1 Å². The molecule has 0 atom stereocenters. The van der Waals surface area contributed by atoms with Crippen LogP contribution in [0.3, 0.4) is 0 Å². The molecule has 3 aromatic carbocycles. The summed E-state index contributed by atoms with van der Waals surface area (Å²) in [6.45, 7) is -0.377. The average molecular weight is 479 g/mol. The zero-order valence-electron chi connectivity index (χ0n) is 16.6. The smallest absolute Gasteiger partial charge is 0.243 e. The Morgan fingerprint density at radius 2 is 1.45 bits per heavy atom. The molecule has 0 aliphatic carbocycles.